The van der Waals surface area contributed by atoms with Crippen LogP contribution >= 0.6 is 39.1 Å². The summed E-state index contributed by atoms with van der Waals surface area (Å²) in [5.74, 6) is 4.79. The molecule has 0 aliphatic rings. The fraction of sp³-hybridized carbons (Fsp3) is 0.0800. The van der Waals surface area contributed by atoms with E-state index in [1.165, 1.54) is 48.1 Å². The quantitative estimate of drug-likeness (QED) is 0.0885. The van der Waals surface area contributed by atoms with Crippen LogP contribution in [0.3, 0.4) is 0 Å². The van der Waals surface area contributed by atoms with Crippen molar-refractivity contribution in [3.8, 4) is 46.0 Å². The van der Waals surface area contributed by atoms with Gasteiger partial charge < -0.3 is 27.8 Å². The van der Waals surface area contributed by atoms with E-state index in [1.54, 1.807) is 121 Å². The lowest BCUT2D eigenvalue weighted by molar-refractivity contribution is -0.137. The molecule has 11 rings (SSSR count). The maximum Gasteiger partial charge on any atom is 0.416 e. The number of carbonyl (C=O) groups excluding carboxylic acids is 7. The van der Waals surface area contributed by atoms with Crippen molar-refractivity contribution in [3.05, 3.63) is 320 Å². The Morgan fingerprint density at radius 3 is 1.11 bits per heavy atom. The van der Waals surface area contributed by atoms with E-state index in [1.807, 2.05) is 73.7 Å². The van der Waals surface area contributed by atoms with Gasteiger partial charge in [0.1, 0.15) is 83.7 Å². The number of aryl methyl sites for hydroxylation is 1. The third-order valence-electron chi connectivity index (χ3n) is 12.0. The molecule has 11 aromatic rings. The highest BCUT2D eigenvalue weighted by molar-refractivity contribution is 9.10. The van der Waals surface area contributed by atoms with E-state index < -0.39 is 11.7 Å². The molecule has 0 N–H and O–H groups in total. The second kappa shape index (κ2) is 38.9. The van der Waals surface area contributed by atoms with Gasteiger partial charge in [-0.2, -0.15) is 13.2 Å². The van der Waals surface area contributed by atoms with Crippen molar-refractivity contribution in [2.24, 2.45) is 0 Å². The predicted molar refractivity (Wildman–Crippen MR) is 360 cm³/mol. The fourth-order valence-electron chi connectivity index (χ4n) is 7.34. The van der Waals surface area contributed by atoms with Crippen molar-refractivity contribution in [2.45, 2.75) is 39.3 Å². The first kappa shape index (κ1) is 74.0. The molecular formula is C75H60BrCl2F3O13. The number of furan rings is 2. The Balaban J connectivity index is 0.000000204. The van der Waals surface area contributed by atoms with Crippen LogP contribution in [0.15, 0.2) is 263 Å². The smallest absolute Gasteiger partial charge is 0.416 e. The van der Waals surface area contributed by atoms with Gasteiger partial charge >= 0.3 is 6.18 Å². The molecular weight excluding hydrogens is 1320 g/mol. The second-order valence-corrected chi connectivity index (χ2v) is 22.1. The van der Waals surface area contributed by atoms with Crippen molar-refractivity contribution in [1.82, 2.24) is 0 Å². The maximum atomic E-state index is 12.5. The number of benzene rings is 9. The minimum absolute atomic E-state index is 0.0675. The summed E-state index contributed by atoms with van der Waals surface area (Å²) in [6.07, 6.45) is 5.16. The number of hydrogen-bond acceptors (Lipinski definition) is 13. The lowest BCUT2D eigenvalue weighted by Gasteiger charge is -2.19. The van der Waals surface area contributed by atoms with E-state index in [0.29, 0.717) is 90.5 Å². The summed E-state index contributed by atoms with van der Waals surface area (Å²) in [6, 6.07) is 64.7. The van der Waals surface area contributed by atoms with Crippen LogP contribution in [0.5, 0.6) is 46.0 Å². The van der Waals surface area contributed by atoms with Crippen LogP contribution in [-0.4, -0.2) is 44.0 Å². The zero-order chi connectivity index (χ0) is 68.3. The highest BCUT2D eigenvalue weighted by atomic mass is 79.9. The number of ether oxygens (including phenoxy) is 4. The van der Waals surface area contributed by atoms with E-state index in [2.05, 4.69) is 57.7 Å². The van der Waals surface area contributed by atoms with Crippen LogP contribution in [0.4, 0.5) is 13.2 Å². The summed E-state index contributed by atoms with van der Waals surface area (Å²) >= 11 is 14.9. The van der Waals surface area contributed by atoms with E-state index in [-0.39, 0.29) is 11.2 Å². The molecule has 0 bridgehead atoms. The summed E-state index contributed by atoms with van der Waals surface area (Å²) in [7, 11) is 0. The Morgan fingerprint density at radius 1 is 0.372 bits per heavy atom. The van der Waals surface area contributed by atoms with Crippen molar-refractivity contribution in [1.29, 1.82) is 0 Å². The van der Waals surface area contributed by atoms with Crippen LogP contribution in [0.2, 0.25) is 10.0 Å². The molecule has 0 fully saturated rings. The molecule has 0 atom stereocenters. The van der Waals surface area contributed by atoms with E-state index in [4.69, 9.17) is 42.1 Å². The zero-order valence-corrected chi connectivity index (χ0v) is 53.9. The van der Waals surface area contributed by atoms with Crippen LogP contribution in [0, 0.1) is 6.92 Å². The molecule has 9 aromatic carbocycles. The van der Waals surface area contributed by atoms with Gasteiger partial charge in [-0.15, -0.1) is 0 Å². The molecule has 2 aromatic heterocycles. The molecule has 480 valence electrons. The van der Waals surface area contributed by atoms with Gasteiger partial charge in [0, 0.05) is 38.4 Å². The van der Waals surface area contributed by atoms with Crippen LogP contribution in [0.25, 0.3) is 0 Å². The molecule has 0 spiro atoms. The fourth-order valence-corrected chi connectivity index (χ4v) is 8.04. The molecule has 0 aliphatic heterocycles. The molecule has 0 unspecified atom stereocenters. The average molecular weight is 1380 g/mol. The SMILES string of the molecule is CC(C)(C)c1ccc(Oc2cccc(C=O)c2)cc1.Cc1ccc(Oc2cccc(C=O)c2)cc1.O=Cc1cccc(Br)c1.O=Cc1cccc(Oc2ccc(Cl)c(Cl)c2)c1.O=Cc1cccc(Oc2cccc(C(F)(F)F)c2)c1.O=Cc1ccco1.O=Cc1ccoc1. The largest absolute Gasteiger partial charge is 0.472 e. The normalized spacial score (nSPS) is 10.1. The molecule has 0 radical (unpaired) electrons. The van der Waals surface area contributed by atoms with E-state index in [0.717, 1.165) is 59.5 Å². The van der Waals surface area contributed by atoms with Crippen molar-refractivity contribution < 1.29 is 74.5 Å². The topological polar surface area (TPSA) is 183 Å². The number of hydrogen-bond donors (Lipinski definition) is 0. The van der Waals surface area contributed by atoms with Gasteiger partial charge in [-0.3, -0.25) is 33.6 Å². The summed E-state index contributed by atoms with van der Waals surface area (Å²) in [5, 5.41) is 0.899. The number of rotatable bonds is 15. The zero-order valence-electron chi connectivity index (χ0n) is 50.8. The molecule has 94 heavy (non-hydrogen) atoms. The number of carbonyl (C=O) groups is 7. The minimum Gasteiger partial charge on any atom is -0.472 e. The van der Waals surface area contributed by atoms with Crippen LogP contribution < -0.4 is 18.9 Å². The summed E-state index contributed by atoms with van der Waals surface area (Å²) in [5.41, 5.74) is 5.27. The Morgan fingerprint density at radius 2 is 0.766 bits per heavy atom. The molecule has 2 heterocycles. The van der Waals surface area contributed by atoms with Gasteiger partial charge in [-0.1, -0.05) is 156 Å². The molecule has 0 aliphatic carbocycles. The summed E-state index contributed by atoms with van der Waals surface area (Å²) < 4.78 is 69.9. The standard InChI is InChI=1S/C17H18O2.C14H9F3O2.C14H12O2.C13H8Cl2O2.C7H5BrO.2C5H4O2/c1-17(2,3)14-7-9-15(10-8-14)19-16-6-4-5-13(11-16)12-18;15-14(16,17)11-4-2-6-13(8-11)19-12-5-1-3-10(7-12)9-18;1-11-5-7-13(8-6-11)16-14-4-2-3-12(9-14)10-15;14-12-5-4-11(7-13(12)15)17-10-3-1-2-9(6-10)8-16;8-7-3-1-2-6(4-7)5-9;6-3-5-1-2-7-4-5;6-4-5-2-1-3-7-5/h4-12H,1-3H3;1-9H;2-10H,1H3;1-8H;1-5H;2*1-4H. The van der Waals surface area contributed by atoms with Gasteiger partial charge in [-0.25, -0.2) is 0 Å². The van der Waals surface area contributed by atoms with Crippen LogP contribution in [-0.2, 0) is 11.6 Å². The Bertz CT molecular complexity index is 4110. The second-order valence-electron chi connectivity index (χ2n) is 20.3. The lowest BCUT2D eigenvalue weighted by atomic mass is 9.87. The molecule has 13 nitrogen and oxygen atoms in total. The van der Waals surface area contributed by atoms with Crippen molar-refractivity contribution in [2.75, 3.05) is 0 Å². The Labute approximate surface area is 559 Å². The molecule has 0 saturated carbocycles. The Hall–Kier alpha value is -10.7. The van der Waals surface area contributed by atoms with Gasteiger partial charge in [0.2, 0.25) is 0 Å². The van der Waals surface area contributed by atoms with Crippen molar-refractivity contribution in [3.63, 3.8) is 0 Å². The summed E-state index contributed by atoms with van der Waals surface area (Å²) in [4.78, 5) is 72.2. The minimum atomic E-state index is -4.41. The third-order valence-corrected chi connectivity index (χ3v) is 13.3. The first-order chi connectivity index (χ1) is 45.1. The van der Waals surface area contributed by atoms with Crippen molar-refractivity contribution >= 4 is 83.1 Å². The predicted octanol–water partition coefficient (Wildman–Crippen LogP) is 21.5. The Kier molecular flexibility index (Phi) is 30.6. The number of alkyl halides is 3. The molecule has 0 amide bonds. The first-order valence-corrected chi connectivity index (χ1v) is 29.6. The highest BCUT2D eigenvalue weighted by Gasteiger charge is 2.30. The van der Waals surface area contributed by atoms with Gasteiger partial charge in [0.15, 0.2) is 18.3 Å². The monoisotopic (exact) mass is 1370 g/mol. The highest BCUT2D eigenvalue weighted by Crippen LogP contribution is 2.34. The maximum absolute atomic E-state index is 12.5. The van der Waals surface area contributed by atoms with Gasteiger partial charge in [-0.05, 0) is 151 Å². The average Bonchev–Trinajstić information content (AvgIpc) is 1.08. The van der Waals surface area contributed by atoms with Gasteiger partial charge in [0.25, 0.3) is 0 Å². The third kappa shape index (κ3) is 27.4. The number of halogens is 6. The van der Waals surface area contributed by atoms with E-state index in [9.17, 15) is 46.7 Å². The van der Waals surface area contributed by atoms with Gasteiger partial charge in [0.05, 0.1) is 33.7 Å². The van der Waals surface area contributed by atoms with E-state index >= 15 is 0 Å². The number of aldehydes is 7. The summed E-state index contributed by atoms with van der Waals surface area (Å²) in [6.45, 7) is 8.56. The lowest BCUT2D eigenvalue weighted by Crippen LogP contribution is -2.10. The first-order valence-electron chi connectivity index (χ1n) is 28.0. The molecule has 19 heteroatoms. The molecule has 0 saturated heterocycles. The van der Waals surface area contributed by atoms with Crippen LogP contribution in [0.1, 0.15) is 110 Å².